The number of rotatable bonds is 4. The van der Waals surface area contributed by atoms with Crippen LogP contribution in [0.2, 0.25) is 0 Å². The molecule has 0 bridgehead atoms. The normalized spacial score (nSPS) is 23.9. The molecule has 1 aliphatic carbocycles. The Kier molecular flexibility index (Phi) is 4.55. The number of ether oxygens (including phenoxy) is 1. The zero-order valence-electron chi connectivity index (χ0n) is 10.7. The molecule has 2 unspecified atom stereocenters. The molecule has 0 aromatic heterocycles. The lowest BCUT2D eigenvalue weighted by Crippen LogP contribution is -2.34. The molecule has 2 rings (SSSR count). The van der Waals surface area contributed by atoms with Gasteiger partial charge in [0.15, 0.2) is 0 Å². The van der Waals surface area contributed by atoms with Gasteiger partial charge >= 0.3 is 0 Å². The highest BCUT2D eigenvalue weighted by atomic mass is 19.1. The van der Waals surface area contributed by atoms with Crippen molar-refractivity contribution in [2.24, 2.45) is 0 Å². The maximum atomic E-state index is 13.4. The molecule has 0 radical (unpaired) electrons. The zero-order chi connectivity index (χ0) is 13.0. The summed E-state index contributed by atoms with van der Waals surface area (Å²) in [6.45, 7) is 0.599. The van der Waals surface area contributed by atoms with E-state index in [9.17, 15) is 9.50 Å². The van der Waals surface area contributed by atoms with Gasteiger partial charge in [-0.2, -0.15) is 0 Å². The molecule has 1 fully saturated rings. The van der Waals surface area contributed by atoms with Crippen LogP contribution in [0.4, 0.5) is 4.39 Å². The van der Waals surface area contributed by atoms with Crippen LogP contribution in [-0.2, 0) is 6.54 Å². The first kappa shape index (κ1) is 13.3. The highest BCUT2D eigenvalue weighted by molar-refractivity contribution is 5.30. The summed E-state index contributed by atoms with van der Waals surface area (Å²) in [5, 5.41) is 12.8. The Morgan fingerprint density at radius 1 is 1.33 bits per heavy atom. The van der Waals surface area contributed by atoms with Crippen LogP contribution in [0.5, 0.6) is 5.75 Å². The number of aliphatic hydroxyl groups excluding tert-OH is 1. The fourth-order valence-electron chi connectivity index (χ4n) is 2.38. The van der Waals surface area contributed by atoms with Gasteiger partial charge in [-0.05, 0) is 44.0 Å². The largest absolute Gasteiger partial charge is 0.488 e. The Hall–Kier alpha value is -1.13. The molecule has 0 spiro atoms. The number of nitrogens with one attached hydrogen (secondary N) is 1. The van der Waals surface area contributed by atoms with Crippen LogP contribution < -0.4 is 10.1 Å². The van der Waals surface area contributed by atoms with Gasteiger partial charge in [-0.3, -0.25) is 0 Å². The summed E-state index contributed by atoms with van der Waals surface area (Å²) < 4.78 is 19.1. The van der Waals surface area contributed by atoms with Gasteiger partial charge in [0.25, 0.3) is 0 Å². The second kappa shape index (κ2) is 6.16. The van der Waals surface area contributed by atoms with E-state index in [0.717, 1.165) is 31.2 Å². The molecule has 1 aromatic rings. The summed E-state index contributed by atoms with van der Waals surface area (Å²) in [7, 11) is 1.82. The lowest BCUT2D eigenvalue weighted by atomic mass is 9.95. The molecule has 18 heavy (non-hydrogen) atoms. The molecular weight excluding hydrogens is 233 g/mol. The molecule has 1 saturated carbocycles. The lowest BCUT2D eigenvalue weighted by Gasteiger charge is -2.28. The van der Waals surface area contributed by atoms with Gasteiger partial charge in [-0.1, -0.05) is 6.42 Å². The number of aliphatic hydroxyl groups is 1. The van der Waals surface area contributed by atoms with Crippen LogP contribution in [0.1, 0.15) is 31.2 Å². The highest BCUT2D eigenvalue weighted by Gasteiger charge is 2.24. The third kappa shape index (κ3) is 3.43. The molecule has 0 heterocycles. The molecule has 0 aliphatic heterocycles. The van der Waals surface area contributed by atoms with Crippen LogP contribution in [0.3, 0.4) is 0 Å². The molecule has 0 amide bonds. The van der Waals surface area contributed by atoms with Crippen molar-refractivity contribution in [3.05, 3.63) is 29.6 Å². The second-order valence-corrected chi connectivity index (χ2v) is 4.83. The Morgan fingerprint density at radius 3 is 2.83 bits per heavy atom. The van der Waals surface area contributed by atoms with Crippen molar-refractivity contribution in [1.29, 1.82) is 0 Å². The summed E-state index contributed by atoms with van der Waals surface area (Å²) in [5.41, 5.74) is 0.845. The van der Waals surface area contributed by atoms with E-state index in [1.807, 2.05) is 13.1 Å². The summed E-state index contributed by atoms with van der Waals surface area (Å²) in [6, 6.07) is 4.68. The monoisotopic (exact) mass is 253 g/mol. The summed E-state index contributed by atoms with van der Waals surface area (Å²) in [5.74, 6) is 0.203. The summed E-state index contributed by atoms with van der Waals surface area (Å²) in [4.78, 5) is 0. The molecule has 2 atom stereocenters. The Labute approximate surface area is 107 Å². The lowest BCUT2D eigenvalue weighted by molar-refractivity contribution is 0.00669. The Balaban J connectivity index is 2.07. The van der Waals surface area contributed by atoms with Crippen molar-refractivity contribution in [2.75, 3.05) is 7.05 Å². The predicted octanol–water partition coefficient (Wildman–Crippen LogP) is 2.23. The van der Waals surface area contributed by atoms with Crippen molar-refractivity contribution in [1.82, 2.24) is 5.32 Å². The van der Waals surface area contributed by atoms with Crippen molar-refractivity contribution in [3.8, 4) is 5.75 Å². The van der Waals surface area contributed by atoms with Crippen LogP contribution >= 0.6 is 0 Å². The number of hydrogen-bond donors (Lipinski definition) is 2. The molecule has 3 nitrogen and oxygen atoms in total. The second-order valence-electron chi connectivity index (χ2n) is 4.83. The highest BCUT2D eigenvalue weighted by Crippen LogP contribution is 2.25. The SMILES string of the molecule is CNCc1cc(F)cc(OC2CCCCC2O)c1. The third-order valence-corrected chi connectivity index (χ3v) is 3.27. The number of hydrogen-bond acceptors (Lipinski definition) is 3. The molecule has 100 valence electrons. The Bertz CT molecular complexity index is 397. The van der Waals surface area contributed by atoms with Crippen molar-refractivity contribution >= 4 is 0 Å². The van der Waals surface area contributed by atoms with Crippen LogP contribution in [0.15, 0.2) is 18.2 Å². The van der Waals surface area contributed by atoms with E-state index in [1.165, 1.54) is 12.1 Å². The smallest absolute Gasteiger partial charge is 0.127 e. The first-order valence-electron chi connectivity index (χ1n) is 6.48. The van der Waals surface area contributed by atoms with E-state index in [-0.39, 0.29) is 11.9 Å². The standard InChI is InChI=1S/C14H20FNO2/c1-16-9-10-6-11(15)8-12(7-10)18-14-5-3-2-4-13(14)17/h6-8,13-14,16-17H,2-5,9H2,1H3. The maximum Gasteiger partial charge on any atom is 0.127 e. The van der Waals surface area contributed by atoms with E-state index in [1.54, 1.807) is 0 Å². The van der Waals surface area contributed by atoms with Crippen LogP contribution in [0.25, 0.3) is 0 Å². The summed E-state index contributed by atoms with van der Waals surface area (Å²) in [6.07, 6.45) is 3.05. The molecular formula is C14H20FNO2. The fraction of sp³-hybridized carbons (Fsp3) is 0.571. The van der Waals surface area contributed by atoms with Gasteiger partial charge in [0, 0.05) is 12.6 Å². The van der Waals surface area contributed by atoms with Gasteiger partial charge in [0.1, 0.15) is 17.7 Å². The first-order chi connectivity index (χ1) is 8.69. The van der Waals surface area contributed by atoms with Gasteiger partial charge in [0.2, 0.25) is 0 Å². The van der Waals surface area contributed by atoms with E-state index < -0.39 is 6.10 Å². The molecule has 4 heteroatoms. The average molecular weight is 253 g/mol. The minimum absolute atomic E-state index is 0.206. The van der Waals surface area contributed by atoms with Crippen LogP contribution in [-0.4, -0.2) is 24.4 Å². The fourth-order valence-corrected chi connectivity index (χ4v) is 2.38. The molecule has 1 aliphatic rings. The van der Waals surface area contributed by atoms with Gasteiger partial charge in [0.05, 0.1) is 6.10 Å². The van der Waals surface area contributed by atoms with Gasteiger partial charge in [-0.15, -0.1) is 0 Å². The maximum absolute atomic E-state index is 13.4. The number of halogens is 1. The topological polar surface area (TPSA) is 41.5 Å². The van der Waals surface area contributed by atoms with Crippen molar-refractivity contribution in [3.63, 3.8) is 0 Å². The minimum Gasteiger partial charge on any atom is -0.488 e. The average Bonchev–Trinajstić information content (AvgIpc) is 2.32. The minimum atomic E-state index is -0.435. The van der Waals surface area contributed by atoms with E-state index in [0.29, 0.717) is 12.3 Å². The van der Waals surface area contributed by atoms with Gasteiger partial charge in [-0.25, -0.2) is 4.39 Å². The predicted molar refractivity (Wildman–Crippen MR) is 68.1 cm³/mol. The molecule has 0 saturated heterocycles. The van der Waals surface area contributed by atoms with Crippen molar-refractivity contribution < 1.29 is 14.2 Å². The molecule has 1 aromatic carbocycles. The number of benzene rings is 1. The van der Waals surface area contributed by atoms with Gasteiger partial charge < -0.3 is 15.2 Å². The van der Waals surface area contributed by atoms with E-state index in [4.69, 9.17) is 4.74 Å². The van der Waals surface area contributed by atoms with E-state index >= 15 is 0 Å². The van der Waals surface area contributed by atoms with E-state index in [2.05, 4.69) is 5.32 Å². The zero-order valence-corrected chi connectivity index (χ0v) is 10.7. The van der Waals surface area contributed by atoms with Crippen LogP contribution in [0, 0.1) is 5.82 Å². The quantitative estimate of drug-likeness (QED) is 0.864. The first-order valence-corrected chi connectivity index (χ1v) is 6.48. The van der Waals surface area contributed by atoms with Crippen molar-refractivity contribution in [2.45, 2.75) is 44.4 Å². The molecule has 2 N–H and O–H groups in total. The Morgan fingerprint density at radius 2 is 2.11 bits per heavy atom. The summed E-state index contributed by atoms with van der Waals surface area (Å²) >= 11 is 0. The third-order valence-electron chi connectivity index (χ3n) is 3.27.